The normalized spacial score (nSPS) is 14.8. The van der Waals surface area contributed by atoms with Crippen molar-refractivity contribution in [3.8, 4) is 89.3 Å². The molecule has 0 amide bonds. The van der Waals surface area contributed by atoms with Crippen molar-refractivity contribution in [1.82, 2.24) is 0 Å². The van der Waals surface area contributed by atoms with Gasteiger partial charge in [0.05, 0.1) is 16.4 Å². The predicted molar refractivity (Wildman–Crippen MR) is 324 cm³/mol. The van der Waals surface area contributed by atoms with Crippen molar-refractivity contribution in [3.05, 3.63) is 266 Å². The lowest BCUT2D eigenvalue weighted by atomic mass is 9.64. The molecule has 11 aromatic rings. The van der Waals surface area contributed by atoms with E-state index in [1.54, 1.807) is 0 Å². The quantitative estimate of drug-likeness (QED) is 0.0905. The molecule has 0 saturated carbocycles. The molecule has 77 heavy (non-hydrogen) atoms. The van der Waals surface area contributed by atoms with E-state index in [1.807, 2.05) is 0 Å². The lowest BCUT2D eigenvalue weighted by Crippen LogP contribution is -2.56. The summed E-state index contributed by atoms with van der Waals surface area (Å²) in [7, 11) is 0. The molecule has 0 bridgehead atoms. The van der Waals surface area contributed by atoms with E-state index in [0.717, 1.165) is 32.2 Å². The van der Waals surface area contributed by atoms with Gasteiger partial charge < -0.3 is 0 Å². The van der Waals surface area contributed by atoms with Gasteiger partial charge in [-0.05, 0) is 182 Å². The van der Waals surface area contributed by atoms with Gasteiger partial charge in [-0.2, -0.15) is 9.13 Å². The molecule has 1 aliphatic heterocycles. The molecule has 9 aromatic carbocycles. The monoisotopic (exact) mass is 997 g/mol. The minimum absolute atomic E-state index is 0.0551. The SMILES string of the molecule is CCCCc1cccc2c3[n+](ccc12)C(CC)C(CC)(CC[n+]1ccccc1-c1cc(-c2cccc(-c4cc(-c5ccccc5)cc(-c5cc(-c6ccccc6)cc(-c6ccccc6)c5)c4)c2)ccc1C)c1ccccc1-3. The van der Waals surface area contributed by atoms with Crippen LogP contribution in [-0.2, 0) is 18.4 Å². The van der Waals surface area contributed by atoms with Crippen molar-refractivity contribution in [2.24, 2.45) is 0 Å². The highest BCUT2D eigenvalue weighted by Gasteiger charge is 2.51. The Kier molecular flexibility index (Phi) is 13.9. The highest BCUT2D eigenvalue weighted by atomic mass is 15.0. The van der Waals surface area contributed by atoms with Crippen LogP contribution in [0.4, 0.5) is 0 Å². The summed E-state index contributed by atoms with van der Waals surface area (Å²) in [6.45, 7) is 10.3. The Labute approximate surface area is 456 Å². The zero-order chi connectivity index (χ0) is 52.3. The van der Waals surface area contributed by atoms with Gasteiger partial charge in [0.2, 0.25) is 11.4 Å². The average molecular weight is 997 g/mol. The van der Waals surface area contributed by atoms with Crippen molar-refractivity contribution in [2.75, 3.05) is 0 Å². The third-order valence-corrected chi connectivity index (χ3v) is 16.9. The van der Waals surface area contributed by atoms with Crippen LogP contribution in [0.2, 0.25) is 0 Å². The Hall–Kier alpha value is -8.46. The van der Waals surface area contributed by atoms with Gasteiger partial charge >= 0.3 is 0 Å². The van der Waals surface area contributed by atoms with E-state index in [2.05, 4.69) is 286 Å². The first-order valence-corrected chi connectivity index (χ1v) is 28.2. The molecule has 2 heteroatoms. The molecule has 1 aliphatic rings. The van der Waals surface area contributed by atoms with Crippen molar-refractivity contribution in [1.29, 1.82) is 0 Å². The van der Waals surface area contributed by atoms with Crippen LogP contribution in [0.25, 0.3) is 100 Å². The summed E-state index contributed by atoms with van der Waals surface area (Å²) in [5.74, 6) is 0. The topological polar surface area (TPSA) is 7.76 Å². The van der Waals surface area contributed by atoms with E-state index in [0.29, 0.717) is 6.04 Å². The van der Waals surface area contributed by atoms with Gasteiger partial charge in [-0.1, -0.05) is 179 Å². The fraction of sp³-hybridized carbons (Fsp3) is 0.173. The van der Waals surface area contributed by atoms with Crippen molar-refractivity contribution < 1.29 is 9.13 Å². The maximum absolute atomic E-state index is 2.67. The van der Waals surface area contributed by atoms with Gasteiger partial charge in [-0.3, -0.25) is 0 Å². The largest absolute Gasteiger partial charge is 0.220 e. The number of rotatable bonds is 15. The highest BCUT2D eigenvalue weighted by molar-refractivity contribution is 5.96. The summed E-state index contributed by atoms with van der Waals surface area (Å²) >= 11 is 0. The van der Waals surface area contributed by atoms with Crippen LogP contribution in [0.3, 0.4) is 0 Å². The number of fused-ring (bicyclic) bond motifs is 5. The van der Waals surface area contributed by atoms with E-state index < -0.39 is 0 Å². The van der Waals surface area contributed by atoms with Crippen LogP contribution < -0.4 is 9.13 Å². The zero-order valence-corrected chi connectivity index (χ0v) is 45.1. The van der Waals surface area contributed by atoms with Crippen molar-refractivity contribution in [3.63, 3.8) is 0 Å². The van der Waals surface area contributed by atoms with Gasteiger partial charge in [-0.25, -0.2) is 0 Å². The Balaban J connectivity index is 0.900. The molecule has 12 rings (SSSR count). The molecule has 0 fully saturated rings. The summed E-state index contributed by atoms with van der Waals surface area (Å²) in [5, 5.41) is 2.78. The fourth-order valence-electron chi connectivity index (χ4n) is 12.9. The van der Waals surface area contributed by atoms with Crippen molar-refractivity contribution >= 4 is 10.8 Å². The van der Waals surface area contributed by atoms with Crippen LogP contribution in [-0.4, -0.2) is 0 Å². The average Bonchev–Trinajstić information content (AvgIpc) is 3.51. The number of pyridine rings is 2. The van der Waals surface area contributed by atoms with E-state index in [-0.39, 0.29) is 5.41 Å². The van der Waals surface area contributed by atoms with E-state index in [4.69, 9.17) is 0 Å². The number of hydrogen-bond donors (Lipinski definition) is 0. The molecule has 0 radical (unpaired) electrons. The summed E-state index contributed by atoms with van der Waals surface area (Å²) in [5.41, 5.74) is 23.8. The van der Waals surface area contributed by atoms with Crippen LogP contribution in [0.1, 0.15) is 75.6 Å². The number of aromatic nitrogens is 2. The smallest absolute Gasteiger partial charge is 0.198 e. The second-order valence-electron chi connectivity index (χ2n) is 21.4. The van der Waals surface area contributed by atoms with Crippen molar-refractivity contribution in [2.45, 2.75) is 84.2 Å². The molecule has 0 saturated heterocycles. The summed E-state index contributed by atoms with van der Waals surface area (Å²) in [6, 6.07) is 88.6. The number of nitrogens with zero attached hydrogens (tertiary/aromatic N) is 2. The molecule has 0 spiro atoms. The third-order valence-electron chi connectivity index (χ3n) is 16.9. The highest BCUT2D eigenvalue weighted by Crippen LogP contribution is 2.50. The van der Waals surface area contributed by atoms with Gasteiger partial charge in [0.25, 0.3) is 0 Å². The second kappa shape index (κ2) is 21.6. The van der Waals surface area contributed by atoms with Gasteiger partial charge in [-0.15, -0.1) is 0 Å². The standard InChI is InChI=1S/C75H68N2/c1-5-8-24-57-31-23-35-68-67(57)40-43-77-73(6-2)75(7-3,71-36-19-18-34-69(71)74(68)77)41-44-76-42-21-20-37-72(76)70-52-60(39-38-53(70)4)58-32-22-33-59(45-58)64-47-63(56-29-16-11-17-30-56)50-66(51-64)65-48-61(54-25-12-9-13-26-54)46-62(49-65)55-27-14-10-15-28-55/h9-23,25-40,42-43,45-52,73H,5-8,24,41,44H2,1-4H3/q+2. The Morgan fingerprint density at radius 3 is 1.55 bits per heavy atom. The summed E-state index contributed by atoms with van der Waals surface area (Å²) in [4.78, 5) is 0. The van der Waals surface area contributed by atoms with E-state index in [1.165, 1.54) is 130 Å². The molecule has 376 valence electrons. The Morgan fingerprint density at radius 1 is 0.416 bits per heavy atom. The molecule has 2 unspecified atom stereocenters. The first-order valence-electron chi connectivity index (χ1n) is 28.2. The number of hydrogen-bond acceptors (Lipinski definition) is 0. The fourth-order valence-corrected chi connectivity index (χ4v) is 12.9. The lowest BCUT2D eigenvalue weighted by Gasteiger charge is -2.41. The number of aryl methyl sites for hydroxylation is 3. The third kappa shape index (κ3) is 9.52. The lowest BCUT2D eigenvalue weighted by molar-refractivity contribution is -0.729. The van der Waals surface area contributed by atoms with Gasteiger partial charge in [0, 0.05) is 36.6 Å². The maximum Gasteiger partial charge on any atom is 0.220 e. The minimum atomic E-state index is -0.0551. The second-order valence-corrected chi connectivity index (χ2v) is 21.4. The molecule has 2 aromatic heterocycles. The summed E-state index contributed by atoms with van der Waals surface area (Å²) in [6.07, 6.45) is 11.4. The molecule has 0 N–H and O–H groups in total. The van der Waals surface area contributed by atoms with E-state index in [9.17, 15) is 0 Å². The van der Waals surface area contributed by atoms with Gasteiger partial charge in [0.15, 0.2) is 18.4 Å². The van der Waals surface area contributed by atoms with Gasteiger partial charge in [0.1, 0.15) is 6.54 Å². The minimum Gasteiger partial charge on any atom is -0.198 e. The first kappa shape index (κ1) is 49.4. The Bertz CT molecular complexity index is 3830. The predicted octanol–water partition coefficient (Wildman–Crippen LogP) is 19.1. The molecule has 0 aliphatic carbocycles. The van der Waals surface area contributed by atoms with Crippen LogP contribution in [0.15, 0.2) is 249 Å². The van der Waals surface area contributed by atoms with Crippen LogP contribution in [0.5, 0.6) is 0 Å². The van der Waals surface area contributed by atoms with Crippen LogP contribution >= 0.6 is 0 Å². The maximum atomic E-state index is 2.67. The first-order chi connectivity index (χ1) is 37.9. The van der Waals surface area contributed by atoms with E-state index >= 15 is 0 Å². The Morgan fingerprint density at radius 2 is 0.935 bits per heavy atom. The molecule has 2 atom stereocenters. The number of unbranched alkanes of at least 4 members (excludes halogenated alkanes) is 1. The molecular formula is C75H68N2+2. The zero-order valence-electron chi connectivity index (χ0n) is 45.1. The summed E-state index contributed by atoms with van der Waals surface area (Å²) < 4.78 is 5.20. The number of benzene rings is 9. The molecule has 2 nitrogen and oxygen atoms in total. The molecular weight excluding hydrogens is 929 g/mol. The molecule has 3 heterocycles. The van der Waals surface area contributed by atoms with Crippen LogP contribution in [0, 0.1) is 6.92 Å².